The quantitative estimate of drug-likeness (QED) is 0.591. The number of carbonyl (C=O) groups is 1. The summed E-state index contributed by atoms with van der Waals surface area (Å²) in [5.74, 6) is -0.561. The van der Waals surface area contributed by atoms with Crippen LogP contribution in [0.25, 0.3) is 0 Å². The Morgan fingerprint density at radius 2 is 1.67 bits per heavy atom. The van der Waals surface area contributed by atoms with Crippen LogP contribution in [0.15, 0.2) is 30.3 Å². The number of rotatable bonds is 5. The molecule has 2 atom stereocenters. The van der Waals surface area contributed by atoms with E-state index in [1.54, 1.807) is 0 Å². The Labute approximate surface area is 129 Å². The number of ether oxygens (including phenoxy) is 1. The van der Waals surface area contributed by atoms with Crippen molar-refractivity contribution in [3.63, 3.8) is 0 Å². The Balaban J connectivity index is 3.12. The number of methoxy groups -OCH3 is 1. The van der Waals surface area contributed by atoms with Crippen LogP contribution in [0.2, 0.25) is 18.1 Å². The van der Waals surface area contributed by atoms with Gasteiger partial charge in [0.05, 0.1) is 19.1 Å². The van der Waals surface area contributed by atoms with Crippen LogP contribution in [0.3, 0.4) is 0 Å². The molecule has 0 fully saturated rings. The second kappa shape index (κ2) is 6.75. The molecular weight excluding hydrogens is 280 g/mol. The summed E-state index contributed by atoms with van der Waals surface area (Å²) in [7, 11) is -0.556. The lowest BCUT2D eigenvalue weighted by Gasteiger charge is -2.40. The molecule has 0 radical (unpaired) electrons. The fourth-order valence-corrected chi connectivity index (χ4v) is 3.23. The number of hydrogen-bond donors (Lipinski definition) is 0. The third kappa shape index (κ3) is 4.42. The minimum atomic E-state index is -1.98. The Morgan fingerprint density at radius 3 is 2.10 bits per heavy atom. The van der Waals surface area contributed by atoms with Gasteiger partial charge in [-0.1, -0.05) is 51.1 Å². The van der Waals surface area contributed by atoms with Crippen LogP contribution in [0, 0.1) is 5.92 Å². The van der Waals surface area contributed by atoms with E-state index in [1.807, 2.05) is 37.3 Å². The summed E-state index contributed by atoms with van der Waals surface area (Å²) in [6.45, 7) is 12.9. The fourth-order valence-electron chi connectivity index (χ4n) is 1.91. The Kier molecular flexibility index (Phi) is 5.76. The summed E-state index contributed by atoms with van der Waals surface area (Å²) in [6, 6.07) is 9.94. The van der Waals surface area contributed by atoms with E-state index >= 15 is 0 Å². The molecule has 0 aliphatic heterocycles. The Bertz CT molecular complexity index is 463. The first-order valence-electron chi connectivity index (χ1n) is 7.41. The highest BCUT2D eigenvalue weighted by atomic mass is 28.4. The van der Waals surface area contributed by atoms with Gasteiger partial charge in [-0.3, -0.25) is 4.79 Å². The molecule has 0 unspecified atom stereocenters. The zero-order valence-corrected chi connectivity index (χ0v) is 15.3. The monoisotopic (exact) mass is 308 g/mol. The molecule has 118 valence electrons. The summed E-state index contributed by atoms with van der Waals surface area (Å²) in [6.07, 6.45) is -0.264. The maximum absolute atomic E-state index is 12.0. The second-order valence-electron chi connectivity index (χ2n) is 7.02. The molecular formula is C17H28O3Si. The van der Waals surface area contributed by atoms with Gasteiger partial charge < -0.3 is 9.16 Å². The van der Waals surface area contributed by atoms with Crippen molar-refractivity contribution in [1.29, 1.82) is 0 Å². The highest BCUT2D eigenvalue weighted by molar-refractivity contribution is 6.74. The van der Waals surface area contributed by atoms with Crippen LogP contribution < -0.4 is 0 Å². The molecule has 0 saturated carbocycles. The lowest BCUT2D eigenvalue weighted by molar-refractivity contribution is -0.148. The van der Waals surface area contributed by atoms with Gasteiger partial charge in [-0.25, -0.2) is 0 Å². The standard InChI is InChI=1S/C17H28O3Si/c1-13(16(18)19-5)15(14-11-9-8-10-12-14)20-21(6,7)17(2,3)4/h8-13,15H,1-7H3/t13-,15-/m0/s1. The summed E-state index contributed by atoms with van der Waals surface area (Å²) < 4.78 is 11.4. The molecule has 0 aromatic heterocycles. The van der Waals surface area contributed by atoms with Crippen LogP contribution in [-0.2, 0) is 14.0 Å². The van der Waals surface area contributed by atoms with Crippen molar-refractivity contribution in [2.24, 2.45) is 5.92 Å². The van der Waals surface area contributed by atoms with Crippen molar-refractivity contribution in [2.75, 3.05) is 7.11 Å². The van der Waals surface area contributed by atoms with Crippen LogP contribution in [0.4, 0.5) is 0 Å². The number of benzene rings is 1. The van der Waals surface area contributed by atoms with Crippen molar-refractivity contribution in [2.45, 2.75) is 51.9 Å². The molecule has 4 heteroatoms. The lowest BCUT2D eigenvalue weighted by atomic mass is 9.98. The largest absolute Gasteiger partial charge is 0.469 e. The van der Waals surface area contributed by atoms with Gasteiger partial charge in [-0.15, -0.1) is 0 Å². The van der Waals surface area contributed by atoms with Crippen molar-refractivity contribution in [3.05, 3.63) is 35.9 Å². The van der Waals surface area contributed by atoms with Crippen molar-refractivity contribution in [1.82, 2.24) is 0 Å². The molecule has 1 aromatic carbocycles. The zero-order valence-electron chi connectivity index (χ0n) is 14.3. The summed E-state index contributed by atoms with van der Waals surface area (Å²) in [4.78, 5) is 12.0. The first kappa shape index (κ1) is 17.9. The van der Waals surface area contributed by atoms with E-state index in [9.17, 15) is 4.79 Å². The van der Waals surface area contributed by atoms with Gasteiger partial charge in [0.1, 0.15) is 0 Å². The molecule has 0 heterocycles. The van der Waals surface area contributed by atoms with E-state index in [4.69, 9.17) is 9.16 Å². The van der Waals surface area contributed by atoms with E-state index in [0.717, 1.165) is 5.56 Å². The van der Waals surface area contributed by atoms with E-state index in [-0.39, 0.29) is 23.0 Å². The van der Waals surface area contributed by atoms with Gasteiger partial charge in [0.2, 0.25) is 0 Å². The molecule has 3 nitrogen and oxygen atoms in total. The van der Waals surface area contributed by atoms with Crippen molar-refractivity contribution >= 4 is 14.3 Å². The van der Waals surface area contributed by atoms with Crippen LogP contribution >= 0.6 is 0 Å². The number of esters is 1. The number of carbonyl (C=O) groups excluding carboxylic acids is 1. The predicted octanol–water partition coefficient (Wildman–Crippen LogP) is 4.56. The van der Waals surface area contributed by atoms with Gasteiger partial charge in [-0.05, 0) is 30.6 Å². The predicted molar refractivity (Wildman–Crippen MR) is 88.6 cm³/mol. The summed E-state index contributed by atoms with van der Waals surface area (Å²) >= 11 is 0. The first-order valence-corrected chi connectivity index (χ1v) is 10.3. The maximum Gasteiger partial charge on any atom is 0.311 e. The van der Waals surface area contributed by atoms with Gasteiger partial charge in [-0.2, -0.15) is 0 Å². The van der Waals surface area contributed by atoms with Gasteiger partial charge >= 0.3 is 5.97 Å². The maximum atomic E-state index is 12.0. The third-order valence-electron chi connectivity index (χ3n) is 4.38. The molecule has 0 amide bonds. The highest BCUT2D eigenvalue weighted by Crippen LogP contribution is 2.41. The van der Waals surface area contributed by atoms with Gasteiger partial charge in [0.25, 0.3) is 0 Å². The normalized spacial score (nSPS) is 15.4. The van der Waals surface area contributed by atoms with Gasteiger partial charge in [0, 0.05) is 0 Å². The molecule has 1 aromatic rings. The minimum absolute atomic E-state index is 0.0931. The molecule has 0 spiro atoms. The van der Waals surface area contributed by atoms with E-state index in [2.05, 4.69) is 33.9 Å². The van der Waals surface area contributed by atoms with Crippen molar-refractivity contribution in [3.8, 4) is 0 Å². The number of hydrogen-bond acceptors (Lipinski definition) is 3. The fraction of sp³-hybridized carbons (Fsp3) is 0.588. The zero-order chi connectivity index (χ0) is 16.3. The van der Waals surface area contributed by atoms with E-state index in [1.165, 1.54) is 7.11 Å². The molecule has 0 saturated heterocycles. The average molecular weight is 308 g/mol. The smallest absolute Gasteiger partial charge is 0.311 e. The summed E-state index contributed by atoms with van der Waals surface area (Å²) in [5.41, 5.74) is 1.03. The molecule has 0 bridgehead atoms. The van der Waals surface area contributed by atoms with Gasteiger partial charge in [0.15, 0.2) is 8.32 Å². The second-order valence-corrected chi connectivity index (χ2v) is 11.8. The third-order valence-corrected chi connectivity index (χ3v) is 8.84. The summed E-state index contributed by atoms with van der Waals surface area (Å²) in [5, 5.41) is 0.0931. The Hall–Kier alpha value is -1.13. The SMILES string of the molecule is COC(=O)[C@@H](C)[C@H](O[Si](C)(C)C(C)(C)C)c1ccccc1. The topological polar surface area (TPSA) is 35.5 Å². The molecule has 0 N–H and O–H groups in total. The first-order chi connectivity index (χ1) is 9.60. The minimum Gasteiger partial charge on any atom is -0.469 e. The van der Waals surface area contributed by atoms with Crippen LogP contribution in [0.1, 0.15) is 39.4 Å². The van der Waals surface area contributed by atoms with E-state index < -0.39 is 8.32 Å². The van der Waals surface area contributed by atoms with Crippen LogP contribution in [0.5, 0.6) is 0 Å². The highest BCUT2D eigenvalue weighted by Gasteiger charge is 2.41. The van der Waals surface area contributed by atoms with Crippen molar-refractivity contribution < 1.29 is 14.0 Å². The molecule has 1 rings (SSSR count). The molecule has 21 heavy (non-hydrogen) atoms. The van der Waals surface area contributed by atoms with E-state index in [0.29, 0.717) is 0 Å². The molecule has 0 aliphatic rings. The molecule has 0 aliphatic carbocycles. The average Bonchev–Trinajstić information content (AvgIpc) is 2.43. The Morgan fingerprint density at radius 1 is 1.14 bits per heavy atom. The lowest BCUT2D eigenvalue weighted by Crippen LogP contribution is -2.43. The van der Waals surface area contributed by atoms with Crippen LogP contribution in [-0.4, -0.2) is 21.4 Å².